The molecule has 0 unspecified atom stereocenters. The number of rotatable bonds is 6. The Kier molecular flexibility index (Phi) is 6.50. The maximum atomic E-state index is 3.76. The predicted molar refractivity (Wildman–Crippen MR) is 78.9 cm³/mol. The van der Waals surface area contributed by atoms with Crippen LogP contribution in [0.1, 0.15) is 64.7 Å². The molecule has 18 heavy (non-hydrogen) atoms. The first-order chi connectivity index (χ1) is 8.88. The summed E-state index contributed by atoms with van der Waals surface area (Å²) in [6, 6.07) is 0.830. The number of hydrogen-bond acceptors (Lipinski definition) is 2. The van der Waals surface area contributed by atoms with Crippen LogP contribution in [0.5, 0.6) is 0 Å². The first-order valence-corrected chi connectivity index (χ1v) is 8.34. The third kappa shape index (κ3) is 4.89. The number of piperidine rings is 1. The standard InChI is InChI=1S/C16H32N2/c1-2-6-15-9-12-18(13-10-15)14-11-17-16-7-4-3-5-8-16/h15-17H,2-14H2,1H3. The van der Waals surface area contributed by atoms with Gasteiger partial charge in [0.2, 0.25) is 0 Å². The monoisotopic (exact) mass is 252 g/mol. The number of nitrogens with one attached hydrogen (secondary N) is 1. The molecule has 1 heterocycles. The van der Waals surface area contributed by atoms with Gasteiger partial charge in [-0.05, 0) is 44.7 Å². The van der Waals surface area contributed by atoms with Crippen molar-refractivity contribution in [3.05, 3.63) is 0 Å². The van der Waals surface area contributed by atoms with Crippen LogP contribution in [0.4, 0.5) is 0 Å². The van der Waals surface area contributed by atoms with Crippen LogP contribution < -0.4 is 5.32 Å². The van der Waals surface area contributed by atoms with Crippen molar-refractivity contribution in [1.82, 2.24) is 10.2 Å². The van der Waals surface area contributed by atoms with Gasteiger partial charge >= 0.3 is 0 Å². The molecule has 2 fully saturated rings. The highest BCUT2D eigenvalue weighted by atomic mass is 15.1. The van der Waals surface area contributed by atoms with Crippen molar-refractivity contribution in [3.8, 4) is 0 Å². The van der Waals surface area contributed by atoms with E-state index < -0.39 is 0 Å². The lowest BCUT2D eigenvalue weighted by atomic mass is 9.92. The topological polar surface area (TPSA) is 15.3 Å². The Hall–Kier alpha value is -0.0800. The number of nitrogens with zero attached hydrogens (tertiary/aromatic N) is 1. The summed E-state index contributed by atoms with van der Waals surface area (Å²) in [5.41, 5.74) is 0. The largest absolute Gasteiger partial charge is 0.313 e. The molecule has 0 aromatic carbocycles. The van der Waals surface area contributed by atoms with Gasteiger partial charge in [-0.1, -0.05) is 39.0 Å². The normalized spacial score (nSPS) is 24.5. The van der Waals surface area contributed by atoms with Gasteiger partial charge in [0.15, 0.2) is 0 Å². The van der Waals surface area contributed by atoms with Crippen LogP contribution in [0.25, 0.3) is 0 Å². The second-order valence-electron chi connectivity index (χ2n) is 6.36. The molecular formula is C16H32N2. The van der Waals surface area contributed by atoms with E-state index in [4.69, 9.17) is 0 Å². The van der Waals surface area contributed by atoms with Gasteiger partial charge in [0, 0.05) is 19.1 Å². The molecule has 1 N–H and O–H groups in total. The molecule has 1 aliphatic heterocycles. The van der Waals surface area contributed by atoms with Gasteiger partial charge in [0.1, 0.15) is 0 Å². The van der Waals surface area contributed by atoms with Gasteiger partial charge in [-0.2, -0.15) is 0 Å². The minimum absolute atomic E-state index is 0.830. The van der Waals surface area contributed by atoms with Crippen LogP contribution in [0.3, 0.4) is 0 Å². The lowest BCUT2D eigenvalue weighted by molar-refractivity contribution is 0.176. The summed E-state index contributed by atoms with van der Waals surface area (Å²) < 4.78 is 0. The molecule has 0 aromatic rings. The summed E-state index contributed by atoms with van der Waals surface area (Å²) in [6.45, 7) is 7.49. The first kappa shape index (κ1) is 14.3. The van der Waals surface area contributed by atoms with Gasteiger partial charge in [-0.25, -0.2) is 0 Å². The van der Waals surface area contributed by atoms with E-state index in [0.29, 0.717) is 0 Å². The number of hydrogen-bond donors (Lipinski definition) is 1. The van der Waals surface area contributed by atoms with Crippen molar-refractivity contribution in [3.63, 3.8) is 0 Å². The lowest BCUT2D eigenvalue weighted by Gasteiger charge is -2.32. The molecular weight excluding hydrogens is 220 g/mol. The van der Waals surface area contributed by atoms with E-state index in [1.165, 1.54) is 84.0 Å². The number of likely N-dealkylation sites (tertiary alicyclic amines) is 1. The molecule has 2 aliphatic rings. The summed E-state index contributed by atoms with van der Waals surface area (Å²) in [5, 5.41) is 3.76. The van der Waals surface area contributed by atoms with E-state index in [9.17, 15) is 0 Å². The van der Waals surface area contributed by atoms with Crippen molar-refractivity contribution in [2.75, 3.05) is 26.2 Å². The zero-order valence-corrected chi connectivity index (χ0v) is 12.3. The second kappa shape index (κ2) is 8.16. The van der Waals surface area contributed by atoms with Crippen molar-refractivity contribution < 1.29 is 0 Å². The minimum atomic E-state index is 0.830. The van der Waals surface area contributed by atoms with Crippen LogP contribution in [0.15, 0.2) is 0 Å². The van der Waals surface area contributed by atoms with E-state index in [-0.39, 0.29) is 0 Å². The van der Waals surface area contributed by atoms with Gasteiger partial charge in [-0.3, -0.25) is 0 Å². The van der Waals surface area contributed by atoms with Crippen molar-refractivity contribution in [1.29, 1.82) is 0 Å². The van der Waals surface area contributed by atoms with Crippen LogP contribution in [-0.4, -0.2) is 37.1 Å². The molecule has 0 aromatic heterocycles. The summed E-state index contributed by atoms with van der Waals surface area (Å²) in [4.78, 5) is 2.67. The summed E-state index contributed by atoms with van der Waals surface area (Å²) in [7, 11) is 0. The van der Waals surface area contributed by atoms with E-state index in [0.717, 1.165) is 12.0 Å². The molecule has 0 amide bonds. The first-order valence-electron chi connectivity index (χ1n) is 8.34. The zero-order valence-electron chi connectivity index (χ0n) is 12.3. The molecule has 1 saturated carbocycles. The van der Waals surface area contributed by atoms with Crippen LogP contribution in [0, 0.1) is 5.92 Å². The summed E-state index contributed by atoms with van der Waals surface area (Å²) in [5.74, 6) is 1.03. The molecule has 0 bridgehead atoms. The molecule has 2 rings (SSSR count). The van der Waals surface area contributed by atoms with Crippen molar-refractivity contribution in [2.45, 2.75) is 70.8 Å². The van der Waals surface area contributed by atoms with Crippen LogP contribution in [0.2, 0.25) is 0 Å². The van der Waals surface area contributed by atoms with E-state index >= 15 is 0 Å². The van der Waals surface area contributed by atoms with Gasteiger partial charge in [-0.15, -0.1) is 0 Å². The third-order valence-electron chi connectivity index (χ3n) is 4.87. The Bertz CT molecular complexity index is 203. The van der Waals surface area contributed by atoms with Crippen molar-refractivity contribution in [2.24, 2.45) is 5.92 Å². The predicted octanol–water partition coefficient (Wildman–Crippen LogP) is 3.42. The highest BCUT2D eigenvalue weighted by Gasteiger charge is 2.18. The Morgan fingerprint density at radius 1 is 1.00 bits per heavy atom. The molecule has 2 nitrogen and oxygen atoms in total. The minimum Gasteiger partial charge on any atom is -0.313 e. The fraction of sp³-hybridized carbons (Fsp3) is 1.00. The molecule has 1 saturated heterocycles. The van der Waals surface area contributed by atoms with Crippen LogP contribution in [-0.2, 0) is 0 Å². The molecule has 0 spiro atoms. The smallest absolute Gasteiger partial charge is 0.0107 e. The van der Waals surface area contributed by atoms with Crippen molar-refractivity contribution >= 4 is 0 Å². The zero-order chi connectivity index (χ0) is 12.6. The van der Waals surface area contributed by atoms with Gasteiger partial charge in [0.25, 0.3) is 0 Å². The van der Waals surface area contributed by atoms with E-state index in [2.05, 4.69) is 17.1 Å². The molecule has 2 heteroatoms. The molecule has 0 radical (unpaired) electrons. The fourth-order valence-corrected chi connectivity index (χ4v) is 3.64. The maximum Gasteiger partial charge on any atom is 0.0107 e. The van der Waals surface area contributed by atoms with Crippen LogP contribution >= 0.6 is 0 Å². The summed E-state index contributed by atoms with van der Waals surface area (Å²) in [6.07, 6.45) is 12.9. The second-order valence-corrected chi connectivity index (χ2v) is 6.36. The highest BCUT2D eigenvalue weighted by molar-refractivity contribution is 4.75. The quantitative estimate of drug-likeness (QED) is 0.779. The average molecular weight is 252 g/mol. The fourth-order valence-electron chi connectivity index (χ4n) is 3.64. The Balaban J connectivity index is 1.52. The summed E-state index contributed by atoms with van der Waals surface area (Å²) >= 11 is 0. The molecule has 0 atom stereocenters. The SMILES string of the molecule is CCCC1CCN(CCNC2CCCCC2)CC1. The van der Waals surface area contributed by atoms with Gasteiger partial charge < -0.3 is 10.2 Å². The Morgan fingerprint density at radius 2 is 1.72 bits per heavy atom. The third-order valence-corrected chi connectivity index (χ3v) is 4.87. The van der Waals surface area contributed by atoms with E-state index in [1.54, 1.807) is 0 Å². The average Bonchev–Trinajstić information content (AvgIpc) is 2.42. The van der Waals surface area contributed by atoms with E-state index in [1.807, 2.05) is 0 Å². The molecule has 1 aliphatic carbocycles. The lowest BCUT2D eigenvalue weighted by Crippen LogP contribution is -2.41. The Labute approximate surface area is 114 Å². The Morgan fingerprint density at radius 3 is 2.39 bits per heavy atom. The highest BCUT2D eigenvalue weighted by Crippen LogP contribution is 2.21. The molecule has 106 valence electrons. The maximum absolute atomic E-state index is 3.76. The van der Waals surface area contributed by atoms with Gasteiger partial charge in [0.05, 0.1) is 0 Å².